The van der Waals surface area contributed by atoms with E-state index in [9.17, 15) is 4.79 Å². The summed E-state index contributed by atoms with van der Waals surface area (Å²) in [6.07, 6.45) is 0. The van der Waals surface area contributed by atoms with Crippen LogP contribution in [0.15, 0.2) is 12.1 Å². The highest BCUT2D eigenvalue weighted by atomic mass is 35.5. The Morgan fingerprint density at radius 3 is 2.71 bits per heavy atom. The van der Waals surface area contributed by atoms with Crippen LogP contribution in [0.5, 0.6) is 5.75 Å². The second-order valence-electron chi connectivity index (χ2n) is 2.87. The van der Waals surface area contributed by atoms with Crippen LogP contribution in [0.25, 0.3) is 0 Å². The minimum Gasteiger partial charge on any atom is -0.492 e. The summed E-state index contributed by atoms with van der Waals surface area (Å²) < 4.78 is 5.24. The van der Waals surface area contributed by atoms with E-state index in [0.29, 0.717) is 28.6 Å². The summed E-state index contributed by atoms with van der Waals surface area (Å²) in [5, 5.41) is 0.358. The molecule has 0 aliphatic carbocycles. The molecule has 1 rings (SSSR count). The van der Waals surface area contributed by atoms with Gasteiger partial charge < -0.3 is 10.5 Å². The van der Waals surface area contributed by atoms with Crippen molar-refractivity contribution in [3.05, 3.63) is 22.7 Å². The maximum atomic E-state index is 11.1. The molecule has 0 atom stereocenters. The summed E-state index contributed by atoms with van der Waals surface area (Å²) in [6.45, 7) is 3.80. The molecule has 0 aliphatic rings. The van der Waals surface area contributed by atoms with Crippen molar-refractivity contribution in [2.75, 3.05) is 12.3 Å². The Labute approximate surface area is 87.8 Å². The predicted molar refractivity (Wildman–Crippen MR) is 57.0 cm³/mol. The van der Waals surface area contributed by atoms with E-state index >= 15 is 0 Å². The van der Waals surface area contributed by atoms with Crippen LogP contribution >= 0.6 is 11.6 Å². The highest BCUT2D eigenvalue weighted by molar-refractivity contribution is 6.34. The highest BCUT2D eigenvalue weighted by Gasteiger charge is 2.09. The number of carbonyl (C=O) groups excluding carboxylic acids is 1. The van der Waals surface area contributed by atoms with Gasteiger partial charge >= 0.3 is 0 Å². The Balaban J connectivity index is 3.20. The second-order valence-corrected chi connectivity index (χ2v) is 3.24. The maximum Gasteiger partial charge on any atom is 0.160 e. The topological polar surface area (TPSA) is 52.3 Å². The Kier molecular flexibility index (Phi) is 3.36. The monoisotopic (exact) mass is 213 g/mol. The fourth-order valence-electron chi connectivity index (χ4n) is 1.08. The number of ether oxygens (including phenoxy) is 1. The average Bonchev–Trinajstić information content (AvgIpc) is 2.12. The van der Waals surface area contributed by atoms with Crippen molar-refractivity contribution in [1.29, 1.82) is 0 Å². The van der Waals surface area contributed by atoms with Crippen LogP contribution in [-0.2, 0) is 0 Å². The largest absolute Gasteiger partial charge is 0.492 e. The van der Waals surface area contributed by atoms with Crippen molar-refractivity contribution in [2.24, 2.45) is 0 Å². The SMILES string of the molecule is CCOc1cc(C(C)=O)cc(N)c1Cl. The quantitative estimate of drug-likeness (QED) is 0.620. The molecule has 0 aliphatic heterocycles. The molecule has 2 N–H and O–H groups in total. The first kappa shape index (κ1) is 10.9. The van der Waals surface area contributed by atoms with Crippen molar-refractivity contribution >= 4 is 23.1 Å². The number of Topliss-reactive ketones (excluding diaryl/α,β-unsaturated/α-hetero) is 1. The first-order chi connectivity index (χ1) is 6.56. The zero-order valence-electron chi connectivity index (χ0n) is 8.13. The fraction of sp³-hybridized carbons (Fsp3) is 0.300. The molecule has 0 fully saturated rings. The first-order valence-corrected chi connectivity index (χ1v) is 4.66. The molecule has 4 heteroatoms. The number of hydrogen-bond donors (Lipinski definition) is 1. The lowest BCUT2D eigenvalue weighted by Crippen LogP contribution is -2.00. The molecule has 0 aromatic heterocycles. The summed E-state index contributed by atoms with van der Waals surface area (Å²) in [4.78, 5) is 11.1. The van der Waals surface area contributed by atoms with E-state index < -0.39 is 0 Å². The molecule has 0 saturated heterocycles. The van der Waals surface area contributed by atoms with Crippen LogP contribution in [0.2, 0.25) is 5.02 Å². The first-order valence-electron chi connectivity index (χ1n) is 4.29. The number of carbonyl (C=O) groups is 1. The van der Waals surface area contributed by atoms with E-state index in [4.69, 9.17) is 22.1 Å². The van der Waals surface area contributed by atoms with Gasteiger partial charge in [0, 0.05) is 5.56 Å². The van der Waals surface area contributed by atoms with Crippen LogP contribution in [0.4, 0.5) is 5.69 Å². The summed E-state index contributed by atoms with van der Waals surface area (Å²) in [5.41, 5.74) is 6.50. The van der Waals surface area contributed by atoms with Crippen LogP contribution in [0.3, 0.4) is 0 Å². The van der Waals surface area contributed by atoms with E-state index in [2.05, 4.69) is 0 Å². The molecular formula is C10H12ClNO2. The Hall–Kier alpha value is -1.22. The lowest BCUT2D eigenvalue weighted by atomic mass is 10.1. The third kappa shape index (κ3) is 2.17. The molecule has 0 spiro atoms. The summed E-state index contributed by atoms with van der Waals surface area (Å²) >= 11 is 5.89. The van der Waals surface area contributed by atoms with Gasteiger partial charge in [-0.1, -0.05) is 11.6 Å². The lowest BCUT2D eigenvalue weighted by molar-refractivity contribution is 0.101. The van der Waals surface area contributed by atoms with Crippen LogP contribution in [-0.4, -0.2) is 12.4 Å². The zero-order chi connectivity index (χ0) is 10.7. The molecule has 0 saturated carbocycles. The van der Waals surface area contributed by atoms with Crippen LogP contribution < -0.4 is 10.5 Å². The van der Waals surface area contributed by atoms with Crippen LogP contribution in [0, 0.1) is 0 Å². The van der Waals surface area contributed by atoms with Crippen molar-refractivity contribution in [3.63, 3.8) is 0 Å². The van der Waals surface area contributed by atoms with Gasteiger partial charge in [0.1, 0.15) is 10.8 Å². The van der Waals surface area contributed by atoms with Gasteiger partial charge in [-0.2, -0.15) is 0 Å². The lowest BCUT2D eigenvalue weighted by Gasteiger charge is -2.09. The molecule has 0 radical (unpaired) electrons. The van der Waals surface area contributed by atoms with Gasteiger partial charge in [-0.05, 0) is 26.0 Å². The van der Waals surface area contributed by atoms with Gasteiger partial charge in [-0.15, -0.1) is 0 Å². The number of benzene rings is 1. The van der Waals surface area contributed by atoms with E-state index in [1.807, 2.05) is 6.92 Å². The molecule has 0 unspecified atom stereocenters. The Bertz CT molecular complexity index is 363. The molecule has 0 amide bonds. The van der Waals surface area contributed by atoms with Gasteiger partial charge in [0.15, 0.2) is 5.78 Å². The second kappa shape index (κ2) is 4.33. The molecule has 1 aromatic carbocycles. The summed E-state index contributed by atoms with van der Waals surface area (Å²) in [7, 11) is 0. The Morgan fingerprint density at radius 1 is 1.57 bits per heavy atom. The number of nitrogen functional groups attached to an aromatic ring is 1. The van der Waals surface area contributed by atoms with Gasteiger partial charge in [-0.25, -0.2) is 0 Å². The van der Waals surface area contributed by atoms with Gasteiger partial charge in [0.2, 0.25) is 0 Å². The van der Waals surface area contributed by atoms with Gasteiger partial charge in [0.25, 0.3) is 0 Å². The molecule has 0 bridgehead atoms. The third-order valence-corrected chi connectivity index (χ3v) is 2.18. The number of nitrogens with two attached hydrogens (primary N) is 1. The molecule has 76 valence electrons. The number of hydrogen-bond acceptors (Lipinski definition) is 3. The van der Waals surface area contributed by atoms with Crippen molar-refractivity contribution in [1.82, 2.24) is 0 Å². The number of halogens is 1. The average molecular weight is 214 g/mol. The molecular weight excluding hydrogens is 202 g/mol. The number of ketones is 1. The summed E-state index contributed by atoms with van der Waals surface area (Å²) in [6, 6.07) is 3.15. The van der Waals surface area contributed by atoms with E-state index in [0.717, 1.165) is 0 Å². The fourth-order valence-corrected chi connectivity index (χ4v) is 1.25. The Morgan fingerprint density at radius 2 is 2.21 bits per heavy atom. The van der Waals surface area contributed by atoms with Gasteiger partial charge in [-0.3, -0.25) is 4.79 Å². The molecule has 3 nitrogen and oxygen atoms in total. The van der Waals surface area contributed by atoms with E-state index in [-0.39, 0.29) is 5.78 Å². The molecule has 1 aromatic rings. The van der Waals surface area contributed by atoms with Crippen LogP contribution in [0.1, 0.15) is 24.2 Å². The zero-order valence-corrected chi connectivity index (χ0v) is 8.89. The van der Waals surface area contributed by atoms with E-state index in [1.54, 1.807) is 12.1 Å². The van der Waals surface area contributed by atoms with Crippen molar-refractivity contribution < 1.29 is 9.53 Å². The predicted octanol–water partition coefficient (Wildman–Crippen LogP) is 2.52. The van der Waals surface area contributed by atoms with Crippen molar-refractivity contribution in [3.8, 4) is 5.75 Å². The maximum absolute atomic E-state index is 11.1. The van der Waals surface area contributed by atoms with Gasteiger partial charge in [0.05, 0.1) is 12.3 Å². The smallest absolute Gasteiger partial charge is 0.160 e. The van der Waals surface area contributed by atoms with Crippen molar-refractivity contribution in [2.45, 2.75) is 13.8 Å². The normalized spacial score (nSPS) is 9.93. The molecule has 0 heterocycles. The standard InChI is InChI=1S/C10H12ClNO2/c1-3-14-9-5-7(6(2)13)4-8(12)10(9)11/h4-5H,3,12H2,1-2H3. The number of anilines is 1. The highest BCUT2D eigenvalue weighted by Crippen LogP contribution is 2.31. The number of rotatable bonds is 3. The van der Waals surface area contributed by atoms with E-state index in [1.165, 1.54) is 6.92 Å². The third-order valence-electron chi connectivity index (χ3n) is 1.77. The molecule has 14 heavy (non-hydrogen) atoms. The minimum atomic E-state index is -0.0608. The summed E-state index contributed by atoms with van der Waals surface area (Å²) in [5.74, 6) is 0.397. The minimum absolute atomic E-state index is 0.0608.